The number of carbonyl (C=O) groups excluding carboxylic acids is 1. The van der Waals surface area contributed by atoms with Gasteiger partial charge >= 0.3 is 5.97 Å². The first-order valence-electron chi connectivity index (χ1n) is 13.2. The fraction of sp³-hybridized carbons (Fsp3) is 0.345. The third kappa shape index (κ3) is 5.73. The summed E-state index contributed by atoms with van der Waals surface area (Å²) in [6, 6.07) is 6.98. The number of ether oxygens (including phenoxy) is 5. The van der Waals surface area contributed by atoms with E-state index < -0.39 is 22.5 Å². The summed E-state index contributed by atoms with van der Waals surface area (Å²) in [5.74, 6) is 0.809. The minimum absolute atomic E-state index is 0.128. The van der Waals surface area contributed by atoms with Gasteiger partial charge in [-0.1, -0.05) is 17.4 Å². The summed E-state index contributed by atoms with van der Waals surface area (Å²) in [6.07, 6.45) is 1.41. The van der Waals surface area contributed by atoms with Gasteiger partial charge in [0.15, 0.2) is 27.8 Å². The van der Waals surface area contributed by atoms with Crippen molar-refractivity contribution in [1.82, 2.24) is 4.57 Å². The summed E-state index contributed by atoms with van der Waals surface area (Å²) in [4.78, 5) is 43.4. The Hall–Kier alpha value is -4.65. The molecule has 0 unspecified atom stereocenters. The van der Waals surface area contributed by atoms with E-state index in [0.717, 1.165) is 11.3 Å². The molecule has 0 fully saturated rings. The third-order valence-corrected chi connectivity index (χ3v) is 7.40. The Bertz CT molecular complexity index is 1740. The molecule has 12 nitrogen and oxygen atoms in total. The molecule has 1 aliphatic heterocycles. The predicted octanol–water partition coefficient (Wildman–Crippen LogP) is 3.52. The van der Waals surface area contributed by atoms with E-state index in [1.165, 1.54) is 37.0 Å². The number of fused-ring (bicyclic) bond motifs is 1. The molecular weight excluding hydrogens is 566 g/mol. The second-order valence-electron chi connectivity index (χ2n) is 8.90. The van der Waals surface area contributed by atoms with Crippen molar-refractivity contribution in [2.45, 2.75) is 33.7 Å². The van der Waals surface area contributed by atoms with Crippen molar-refractivity contribution in [2.75, 3.05) is 34.0 Å². The molecule has 1 aliphatic rings. The van der Waals surface area contributed by atoms with Gasteiger partial charge in [-0.05, 0) is 57.5 Å². The van der Waals surface area contributed by atoms with E-state index in [0.29, 0.717) is 40.8 Å². The molecule has 1 atom stereocenters. The molecule has 1 aromatic heterocycles. The van der Waals surface area contributed by atoms with Gasteiger partial charge in [0.25, 0.3) is 11.2 Å². The van der Waals surface area contributed by atoms with Gasteiger partial charge < -0.3 is 23.7 Å². The minimum Gasteiger partial charge on any atom is -0.493 e. The van der Waals surface area contributed by atoms with Gasteiger partial charge in [-0.3, -0.25) is 19.5 Å². The SMILES string of the molecule is CCOC(=O)C1=C(C)N=c2s/c(=C\c3cc(OC)c(OC)cc3[N+](=O)[O-])c(=O)n2[C@@H]1c1ccc(OCC)c(OCC)c1. The molecule has 0 radical (unpaired) electrons. The monoisotopic (exact) mass is 597 g/mol. The van der Waals surface area contributed by atoms with Crippen LogP contribution in [0.2, 0.25) is 0 Å². The van der Waals surface area contributed by atoms with Gasteiger partial charge in [0.2, 0.25) is 0 Å². The summed E-state index contributed by atoms with van der Waals surface area (Å²) < 4.78 is 29.0. The van der Waals surface area contributed by atoms with Crippen molar-refractivity contribution in [3.63, 3.8) is 0 Å². The number of rotatable bonds is 11. The zero-order valence-electron chi connectivity index (χ0n) is 24.1. The van der Waals surface area contributed by atoms with Gasteiger partial charge in [0.05, 0.1) is 72.4 Å². The minimum atomic E-state index is -0.905. The van der Waals surface area contributed by atoms with E-state index in [9.17, 15) is 19.7 Å². The molecule has 0 N–H and O–H groups in total. The van der Waals surface area contributed by atoms with E-state index in [2.05, 4.69) is 4.99 Å². The standard InChI is InChI=1S/C29H31N3O9S/c1-7-39-20-11-10-17(12-23(20)40-8-2)26-25(28(34)41-9-3)16(4)30-29-31(26)27(33)24(42-29)14-18-13-21(37-5)22(38-6)15-19(18)32(35)36/h10-15,26H,7-9H2,1-6H3/b24-14-/t26-/m1/s1. The van der Waals surface area contributed by atoms with Crippen LogP contribution in [0, 0.1) is 10.1 Å². The van der Waals surface area contributed by atoms with Crippen LogP contribution in [0.4, 0.5) is 5.69 Å². The molecule has 42 heavy (non-hydrogen) atoms. The normalized spacial score (nSPS) is 14.6. The van der Waals surface area contributed by atoms with Crippen LogP contribution in [-0.4, -0.2) is 49.5 Å². The highest BCUT2D eigenvalue weighted by Crippen LogP contribution is 2.37. The molecule has 0 aliphatic carbocycles. The zero-order valence-corrected chi connectivity index (χ0v) is 24.9. The molecular formula is C29H31N3O9S. The molecule has 2 aromatic carbocycles. The van der Waals surface area contributed by atoms with Crippen molar-refractivity contribution in [1.29, 1.82) is 0 Å². The first-order chi connectivity index (χ1) is 20.2. The van der Waals surface area contributed by atoms with Crippen molar-refractivity contribution in [2.24, 2.45) is 4.99 Å². The largest absolute Gasteiger partial charge is 0.493 e. The number of nitrogens with zero attached hydrogens (tertiary/aromatic N) is 3. The summed E-state index contributed by atoms with van der Waals surface area (Å²) in [5.41, 5.74) is 0.527. The maximum Gasteiger partial charge on any atom is 0.338 e. The number of aromatic nitrogens is 1. The number of methoxy groups -OCH3 is 2. The first kappa shape index (κ1) is 30.3. The van der Waals surface area contributed by atoms with Gasteiger partial charge in [-0.2, -0.15) is 0 Å². The van der Waals surface area contributed by atoms with Crippen LogP contribution < -0.4 is 33.8 Å². The van der Waals surface area contributed by atoms with Crippen molar-refractivity contribution < 1.29 is 33.4 Å². The lowest BCUT2D eigenvalue weighted by Crippen LogP contribution is -2.40. The van der Waals surface area contributed by atoms with Crippen LogP contribution in [0.3, 0.4) is 0 Å². The van der Waals surface area contributed by atoms with Crippen LogP contribution in [-0.2, 0) is 9.53 Å². The van der Waals surface area contributed by atoms with E-state index in [1.807, 2.05) is 13.8 Å². The molecule has 13 heteroatoms. The lowest BCUT2D eigenvalue weighted by atomic mass is 9.95. The second-order valence-corrected chi connectivity index (χ2v) is 9.91. The van der Waals surface area contributed by atoms with Gasteiger partial charge in [-0.15, -0.1) is 0 Å². The lowest BCUT2D eigenvalue weighted by molar-refractivity contribution is -0.385. The summed E-state index contributed by atoms with van der Waals surface area (Å²) >= 11 is 1.05. The number of hydrogen-bond donors (Lipinski definition) is 0. The molecule has 3 aromatic rings. The third-order valence-electron chi connectivity index (χ3n) is 6.42. The van der Waals surface area contributed by atoms with Gasteiger partial charge in [0, 0.05) is 0 Å². The number of esters is 1. The highest BCUT2D eigenvalue weighted by molar-refractivity contribution is 7.07. The topological polar surface area (TPSA) is 141 Å². The number of carbonyl (C=O) groups is 1. The zero-order chi connectivity index (χ0) is 30.6. The Morgan fingerprint density at radius 3 is 2.31 bits per heavy atom. The van der Waals surface area contributed by atoms with E-state index in [-0.39, 0.29) is 39.5 Å². The van der Waals surface area contributed by atoms with Crippen LogP contribution in [0.25, 0.3) is 6.08 Å². The Kier molecular flexibility index (Phi) is 9.31. The molecule has 0 saturated carbocycles. The Morgan fingerprint density at radius 2 is 1.69 bits per heavy atom. The smallest absolute Gasteiger partial charge is 0.338 e. The van der Waals surface area contributed by atoms with Crippen LogP contribution in [0.15, 0.2) is 51.4 Å². The van der Waals surface area contributed by atoms with E-state index in [1.54, 1.807) is 32.0 Å². The maximum absolute atomic E-state index is 14.0. The number of thiazole rings is 1. The average molecular weight is 598 g/mol. The number of hydrogen-bond acceptors (Lipinski definition) is 11. The quantitative estimate of drug-likeness (QED) is 0.184. The van der Waals surface area contributed by atoms with Crippen molar-refractivity contribution in [3.8, 4) is 23.0 Å². The van der Waals surface area contributed by atoms with Crippen LogP contribution >= 0.6 is 11.3 Å². The van der Waals surface area contributed by atoms with Gasteiger partial charge in [0.1, 0.15) is 0 Å². The second kappa shape index (κ2) is 12.9. The first-order valence-corrected chi connectivity index (χ1v) is 14.0. The maximum atomic E-state index is 14.0. The highest BCUT2D eigenvalue weighted by Gasteiger charge is 2.34. The number of allylic oxidation sites excluding steroid dienone is 1. The Labute approximate surface area is 245 Å². The Morgan fingerprint density at radius 1 is 1.02 bits per heavy atom. The number of nitro groups is 1. The molecule has 0 amide bonds. The molecule has 0 saturated heterocycles. The Balaban J connectivity index is 2.00. The average Bonchev–Trinajstić information content (AvgIpc) is 3.26. The van der Waals surface area contributed by atoms with Gasteiger partial charge in [-0.25, -0.2) is 9.79 Å². The number of benzene rings is 2. The molecule has 4 rings (SSSR count). The van der Waals surface area contributed by atoms with Crippen LogP contribution in [0.5, 0.6) is 23.0 Å². The molecule has 0 bridgehead atoms. The highest BCUT2D eigenvalue weighted by atomic mass is 32.1. The van der Waals surface area contributed by atoms with Crippen LogP contribution in [0.1, 0.15) is 44.9 Å². The fourth-order valence-electron chi connectivity index (χ4n) is 4.64. The van der Waals surface area contributed by atoms with E-state index >= 15 is 0 Å². The molecule has 222 valence electrons. The van der Waals surface area contributed by atoms with Crippen molar-refractivity contribution >= 4 is 29.1 Å². The fourth-order valence-corrected chi connectivity index (χ4v) is 5.68. The van der Waals surface area contributed by atoms with Crippen molar-refractivity contribution in [3.05, 3.63) is 82.5 Å². The van der Waals surface area contributed by atoms with E-state index in [4.69, 9.17) is 23.7 Å². The summed E-state index contributed by atoms with van der Waals surface area (Å²) in [6.45, 7) is 7.98. The molecule has 0 spiro atoms. The number of nitro benzene ring substituents is 1. The summed E-state index contributed by atoms with van der Waals surface area (Å²) in [7, 11) is 2.79. The molecule has 2 heterocycles. The lowest BCUT2D eigenvalue weighted by Gasteiger charge is -2.25. The predicted molar refractivity (Wildman–Crippen MR) is 155 cm³/mol. The summed E-state index contributed by atoms with van der Waals surface area (Å²) in [5, 5.41) is 11.9.